The summed E-state index contributed by atoms with van der Waals surface area (Å²) in [6.45, 7) is 6.48. The third kappa shape index (κ3) is 6.74. The third-order valence-corrected chi connectivity index (χ3v) is 3.32. The number of benzene rings is 1. The minimum Gasteiger partial charge on any atom is -0.309 e. The number of carbonyl (C=O) groups is 1. The molecule has 2 rings (SSSR count). The molecule has 0 bridgehead atoms. The summed E-state index contributed by atoms with van der Waals surface area (Å²) >= 11 is 0. The molecule has 0 aliphatic carbocycles. The molecule has 0 saturated carbocycles. The first kappa shape index (κ1) is 20.3. The van der Waals surface area contributed by atoms with E-state index in [9.17, 15) is 9.18 Å². The van der Waals surface area contributed by atoms with E-state index in [-0.39, 0.29) is 36.4 Å². The van der Waals surface area contributed by atoms with Crippen molar-refractivity contribution >= 4 is 30.6 Å². The first-order valence-corrected chi connectivity index (χ1v) is 6.77. The van der Waals surface area contributed by atoms with Crippen LogP contribution in [0.1, 0.15) is 19.4 Å². The first-order chi connectivity index (χ1) is 9.02. The molecule has 2 atom stereocenters. The number of hydrogen-bond acceptors (Lipinski definition) is 3. The summed E-state index contributed by atoms with van der Waals surface area (Å²) in [6, 6.07) is 7.09. The molecule has 1 N–H and O–H groups in total. The molecule has 0 amide bonds. The van der Waals surface area contributed by atoms with Crippen LogP contribution in [0.5, 0.6) is 0 Å². The van der Waals surface area contributed by atoms with Crippen LogP contribution in [0.3, 0.4) is 0 Å². The van der Waals surface area contributed by atoms with Crippen molar-refractivity contribution in [3.63, 3.8) is 0 Å². The molecule has 6 heteroatoms. The number of carbonyl (C=O) groups excluding carboxylic acids is 1. The Morgan fingerprint density at radius 1 is 1.29 bits per heavy atom. The molecule has 1 saturated heterocycles. The van der Waals surface area contributed by atoms with Gasteiger partial charge in [-0.1, -0.05) is 12.1 Å². The predicted octanol–water partition coefficient (Wildman–Crippen LogP) is 2.46. The Labute approximate surface area is 138 Å². The summed E-state index contributed by atoms with van der Waals surface area (Å²) in [4.78, 5) is 14.2. The van der Waals surface area contributed by atoms with Crippen molar-refractivity contribution < 1.29 is 9.18 Å². The lowest BCUT2D eigenvalue weighted by molar-refractivity contribution is -0.119. The SMILES string of the molecule is CC1CN(CC(=O)Cc2cccc(F)c2)CC(C)N1.Cl.Cl. The molecular formula is C15H23Cl2FN2O. The summed E-state index contributed by atoms with van der Waals surface area (Å²) in [5.41, 5.74) is 0.751. The number of hydrogen-bond donors (Lipinski definition) is 1. The number of nitrogens with zero attached hydrogens (tertiary/aromatic N) is 1. The number of nitrogens with one attached hydrogen (secondary N) is 1. The number of Topliss-reactive ketones (excluding diaryl/α,β-unsaturated/α-hetero) is 1. The largest absolute Gasteiger partial charge is 0.309 e. The molecule has 21 heavy (non-hydrogen) atoms. The van der Waals surface area contributed by atoms with Crippen molar-refractivity contribution in [1.82, 2.24) is 10.2 Å². The van der Waals surface area contributed by atoms with Crippen molar-refractivity contribution in [1.29, 1.82) is 0 Å². The molecule has 1 aliphatic rings. The van der Waals surface area contributed by atoms with E-state index in [1.807, 2.05) is 0 Å². The molecule has 1 aromatic carbocycles. The van der Waals surface area contributed by atoms with Crippen molar-refractivity contribution in [2.75, 3.05) is 19.6 Å². The van der Waals surface area contributed by atoms with Crippen LogP contribution in [0.25, 0.3) is 0 Å². The van der Waals surface area contributed by atoms with E-state index in [2.05, 4.69) is 24.1 Å². The van der Waals surface area contributed by atoms with E-state index in [4.69, 9.17) is 0 Å². The second-order valence-electron chi connectivity index (χ2n) is 5.51. The molecule has 0 aromatic heterocycles. The molecule has 1 fully saturated rings. The zero-order valence-corrected chi connectivity index (χ0v) is 14.0. The second kappa shape index (κ2) is 9.36. The maximum atomic E-state index is 13.0. The summed E-state index contributed by atoms with van der Waals surface area (Å²) < 4.78 is 13.0. The fraction of sp³-hybridized carbons (Fsp3) is 0.533. The highest BCUT2D eigenvalue weighted by molar-refractivity contribution is 5.85. The van der Waals surface area contributed by atoms with Crippen LogP contribution in [0, 0.1) is 5.82 Å². The summed E-state index contributed by atoms with van der Waals surface area (Å²) in [5.74, 6) is -0.137. The van der Waals surface area contributed by atoms with Gasteiger partial charge in [-0.15, -0.1) is 24.8 Å². The molecule has 1 heterocycles. The molecular weight excluding hydrogens is 314 g/mol. The predicted molar refractivity (Wildman–Crippen MR) is 88.1 cm³/mol. The summed E-state index contributed by atoms with van der Waals surface area (Å²) in [5, 5.41) is 3.44. The fourth-order valence-electron chi connectivity index (χ4n) is 2.75. The maximum absolute atomic E-state index is 13.0. The van der Waals surface area contributed by atoms with E-state index in [0.29, 0.717) is 25.0 Å². The Balaban J connectivity index is 0.00000200. The zero-order chi connectivity index (χ0) is 13.8. The molecule has 3 nitrogen and oxygen atoms in total. The highest BCUT2D eigenvalue weighted by Gasteiger charge is 2.22. The van der Waals surface area contributed by atoms with Gasteiger partial charge in [0, 0.05) is 31.6 Å². The molecule has 2 unspecified atom stereocenters. The second-order valence-corrected chi connectivity index (χ2v) is 5.51. The monoisotopic (exact) mass is 336 g/mol. The Kier molecular flexibility index (Phi) is 9.06. The zero-order valence-electron chi connectivity index (χ0n) is 12.3. The van der Waals surface area contributed by atoms with E-state index in [1.54, 1.807) is 12.1 Å². The van der Waals surface area contributed by atoms with Gasteiger partial charge in [-0.25, -0.2) is 4.39 Å². The van der Waals surface area contributed by atoms with Crippen molar-refractivity contribution in [3.8, 4) is 0 Å². The molecule has 1 aromatic rings. The lowest BCUT2D eigenvalue weighted by atomic mass is 10.1. The number of rotatable bonds is 4. The minimum atomic E-state index is -0.283. The molecule has 0 spiro atoms. The topological polar surface area (TPSA) is 32.3 Å². The Bertz CT molecular complexity index is 449. The first-order valence-electron chi connectivity index (χ1n) is 6.77. The quantitative estimate of drug-likeness (QED) is 0.916. The van der Waals surface area contributed by atoms with Crippen molar-refractivity contribution in [2.24, 2.45) is 0 Å². The normalized spacial score (nSPS) is 22.0. The van der Waals surface area contributed by atoms with Crippen molar-refractivity contribution in [3.05, 3.63) is 35.6 Å². The van der Waals surface area contributed by atoms with Gasteiger partial charge in [0.1, 0.15) is 5.82 Å². The van der Waals surface area contributed by atoms with Gasteiger partial charge in [0.15, 0.2) is 5.78 Å². The van der Waals surface area contributed by atoms with Gasteiger partial charge in [0.2, 0.25) is 0 Å². The lowest BCUT2D eigenvalue weighted by Gasteiger charge is -2.35. The van der Waals surface area contributed by atoms with Gasteiger partial charge in [0.25, 0.3) is 0 Å². The third-order valence-electron chi connectivity index (χ3n) is 3.32. The lowest BCUT2D eigenvalue weighted by Crippen LogP contribution is -2.55. The maximum Gasteiger partial charge on any atom is 0.151 e. The van der Waals surface area contributed by atoms with E-state index >= 15 is 0 Å². The summed E-state index contributed by atoms with van der Waals surface area (Å²) in [7, 11) is 0. The highest BCUT2D eigenvalue weighted by Crippen LogP contribution is 2.07. The van der Waals surface area contributed by atoms with Gasteiger partial charge in [-0.05, 0) is 31.5 Å². The minimum absolute atomic E-state index is 0. The Morgan fingerprint density at radius 3 is 2.48 bits per heavy atom. The van der Waals surface area contributed by atoms with Crippen LogP contribution in [0.4, 0.5) is 4.39 Å². The van der Waals surface area contributed by atoms with E-state index in [1.165, 1.54) is 12.1 Å². The van der Waals surface area contributed by atoms with Gasteiger partial charge < -0.3 is 5.32 Å². The average molecular weight is 337 g/mol. The van der Waals surface area contributed by atoms with Crippen LogP contribution in [0.15, 0.2) is 24.3 Å². The van der Waals surface area contributed by atoms with Gasteiger partial charge in [-0.3, -0.25) is 9.69 Å². The van der Waals surface area contributed by atoms with Gasteiger partial charge in [0.05, 0.1) is 6.54 Å². The Hall–Kier alpha value is -0.680. The van der Waals surface area contributed by atoms with Gasteiger partial charge in [-0.2, -0.15) is 0 Å². The number of ketones is 1. The summed E-state index contributed by atoms with van der Waals surface area (Å²) in [6.07, 6.45) is 0.310. The molecule has 1 aliphatic heterocycles. The van der Waals surface area contributed by atoms with Crippen LogP contribution in [-0.4, -0.2) is 42.4 Å². The van der Waals surface area contributed by atoms with E-state index in [0.717, 1.165) is 18.7 Å². The standard InChI is InChI=1S/C15H21FN2O.2ClH/c1-11-8-18(9-12(2)17-11)10-15(19)7-13-4-3-5-14(16)6-13;;/h3-6,11-12,17H,7-10H2,1-2H3;2*1H. The van der Waals surface area contributed by atoms with Crippen LogP contribution < -0.4 is 5.32 Å². The average Bonchev–Trinajstić information content (AvgIpc) is 2.26. The molecule has 120 valence electrons. The van der Waals surface area contributed by atoms with E-state index < -0.39 is 0 Å². The Morgan fingerprint density at radius 2 is 1.90 bits per heavy atom. The fourth-order valence-corrected chi connectivity index (χ4v) is 2.75. The van der Waals surface area contributed by atoms with Gasteiger partial charge >= 0.3 is 0 Å². The van der Waals surface area contributed by atoms with Crippen molar-refractivity contribution in [2.45, 2.75) is 32.4 Å². The number of halogens is 3. The number of piperazine rings is 1. The van der Waals surface area contributed by atoms with Crippen LogP contribution in [-0.2, 0) is 11.2 Å². The van der Waals surface area contributed by atoms with Crippen LogP contribution in [0.2, 0.25) is 0 Å². The highest BCUT2D eigenvalue weighted by atomic mass is 35.5. The smallest absolute Gasteiger partial charge is 0.151 e. The van der Waals surface area contributed by atoms with Crippen LogP contribution >= 0.6 is 24.8 Å². The molecule has 0 radical (unpaired) electrons.